The van der Waals surface area contributed by atoms with E-state index in [0.717, 1.165) is 11.1 Å². The van der Waals surface area contributed by atoms with Crippen LogP contribution in [0.2, 0.25) is 0 Å². The summed E-state index contributed by atoms with van der Waals surface area (Å²) in [6, 6.07) is 19.2. The first-order chi connectivity index (χ1) is 10.5. The van der Waals surface area contributed by atoms with E-state index < -0.39 is 24.4 Å². The van der Waals surface area contributed by atoms with Gasteiger partial charge in [0.05, 0.1) is 12.1 Å². The first-order valence-electron chi connectivity index (χ1n) is 7.39. The molecule has 5 N–H and O–H groups in total. The van der Waals surface area contributed by atoms with Gasteiger partial charge in [-0.1, -0.05) is 60.7 Å². The number of rotatable bonds is 7. The highest BCUT2D eigenvalue weighted by atomic mass is 16.4. The number of benzene rings is 2. The van der Waals surface area contributed by atoms with Crippen molar-refractivity contribution in [1.29, 1.82) is 0 Å². The summed E-state index contributed by atoms with van der Waals surface area (Å²) in [4.78, 5) is 0. The Morgan fingerprint density at radius 3 is 1.59 bits per heavy atom. The normalized spacial score (nSPS) is 14.5. The summed E-state index contributed by atoms with van der Waals surface area (Å²) in [5, 5.41) is 29.4. The lowest BCUT2D eigenvalue weighted by molar-refractivity contribution is -0.0528. The van der Waals surface area contributed by atoms with E-state index >= 15 is 0 Å². The summed E-state index contributed by atoms with van der Waals surface area (Å²) < 4.78 is 0. The minimum Gasteiger partial charge on any atom is -0.394 e. The molecule has 2 unspecified atom stereocenters. The minimum atomic E-state index is -1.27. The van der Waals surface area contributed by atoms with E-state index in [1.165, 1.54) is 0 Å². The third-order valence-corrected chi connectivity index (χ3v) is 3.89. The van der Waals surface area contributed by atoms with Gasteiger partial charge in [0.25, 0.3) is 0 Å². The van der Waals surface area contributed by atoms with E-state index in [1.54, 1.807) is 0 Å². The largest absolute Gasteiger partial charge is 0.394 e. The zero-order valence-electron chi connectivity index (χ0n) is 12.5. The molecule has 0 aromatic heterocycles. The molecule has 0 aliphatic carbocycles. The molecule has 0 amide bonds. The SMILES string of the molecule is NC(Cc1ccccc1)(Cc1ccccc1)C(O)C(O)CO. The molecule has 0 heterocycles. The van der Waals surface area contributed by atoms with Crippen molar-refractivity contribution in [2.75, 3.05) is 6.61 Å². The van der Waals surface area contributed by atoms with Crippen molar-refractivity contribution in [1.82, 2.24) is 0 Å². The minimum absolute atomic E-state index is 0.404. The second kappa shape index (κ2) is 7.51. The lowest BCUT2D eigenvalue weighted by Crippen LogP contribution is -2.59. The Morgan fingerprint density at radius 2 is 1.23 bits per heavy atom. The van der Waals surface area contributed by atoms with Crippen molar-refractivity contribution < 1.29 is 15.3 Å². The fraction of sp³-hybridized carbons (Fsp3) is 0.333. The highest BCUT2D eigenvalue weighted by molar-refractivity contribution is 5.24. The fourth-order valence-electron chi connectivity index (χ4n) is 2.71. The van der Waals surface area contributed by atoms with E-state index in [-0.39, 0.29) is 0 Å². The van der Waals surface area contributed by atoms with Crippen LogP contribution in [0.3, 0.4) is 0 Å². The van der Waals surface area contributed by atoms with Crippen LogP contribution in [0, 0.1) is 0 Å². The molecule has 0 spiro atoms. The van der Waals surface area contributed by atoms with Crippen LogP contribution in [-0.4, -0.2) is 39.7 Å². The van der Waals surface area contributed by atoms with Gasteiger partial charge in [-0.05, 0) is 24.0 Å². The molecule has 0 bridgehead atoms. The zero-order valence-corrected chi connectivity index (χ0v) is 12.5. The zero-order chi connectivity index (χ0) is 16.0. The van der Waals surface area contributed by atoms with E-state index in [0.29, 0.717) is 12.8 Å². The van der Waals surface area contributed by atoms with E-state index in [2.05, 4.69) is 0 Å². The molecule has 0 saturated carbocycles. The summed E-state index contributed by atoms with van der Waals surface area (Å²) in [5.41, 5.74) is 7.35. The van der Waals surface area contributed by atoms with Gasteiger partial charge in [0.1, 0.15) is 12.2 Å². The molecule has 4 nitrogen and oxygen atoms in total. The van der Waals surface area contributed by atoms with Crippen molar-refractivity contribution in [2.24, 2.45) is 5.73 Å². The molecule has 22 heavy (non-hydrogen) atoms. The summed E-state index contributed by atoms with van der Waals surface area (Å²) in [5.74, 6) is 0. The average Bonchev–Trinajstić information content (AvgIpc) is 2.55. The van der Waals surface area contributed by atoms with Crippen LogP contribution in [-0.2, 0) is 12.8 Å². The van der Waals surface area contributed by atoms with Crippen LogP contribution in [0.5, 0.6) is 0 Å². The molecule has 0 radical (unpaired) electrons. The van der Waals surface area contributed by atoms with Gasteiger partial charge < -0.3 is 21.1 Å². The van der Waals surface area contributed by atoms with Crippen LogP contribution in [0.4, 0.5) is 0 Å². The van der Waals surface area contributed by atoms with E-state index in [4.69, 9.17) is 10.8 Å². The maximum Gasteiger partial charge on any atom is 0.105 e. The van der Waals surface area contributed by atoms with Gasteiger partial charge in [-0.3, -0.25) is 0 Å². The standard InChI is InChI=1S/C18H23NO3/c19-18(17(22)16(21)13-20,11-14-7-3-1-4-8-14)12-15-9-5-2-6-10-15/h1-10,16-17,20-22H,11-13,19H2. The third kappa shape index (κ3) is 4.15. The molecule has 0 fully saturated rings. The Kier molecular flexibility index (Phi) is 5.69. The Morgan fingerprint density at radius 1 is 0.818 bits per heavy atom. The quantitative estimate of drug-likeness (QED) is 0.611. The second-order valence-electron chi connectivity index (χ2n) is 5.75. The number of aliphatic hydroxyl groups is 3. The Bertz CT molecular complexity index is 518. The molecule has 4 heteroatoms. The predicted octanol–water partition coefficient (Wildman–Crippen LogP) is 0.883. The summed E-state index contributed by atoms with van der Waals surface area (Å²) in [6.07, 6.45) is -1.68. The van der Waals surface area contributed by atoms with Gasteiger partial charge in [0.2, 0.25) is 0 Å². The Labute approximate surface area is 130 Å². The third-order valence-electron chi connectivity index (χ3n) is 3.89. The van der Waals surface area contributed by atoms with Crippen LogP contribution in [0.25, 0.3) is 0 Å². The molecular formula is C18H23NO3. The molecule has 118 valence electrons. The molecule has 0 saturated heterocycles. The Hall–Kier alpha value is -1.72. The first-order valence-corrected chi connectivity index (χ1v) is 7.39. The molecule has 2 atom stereocenters. The lowest BCUT2D eigenvalue weighted by Gasteiger charge is -2.37. The van der Waals surface area contributed by atoms with E-state index in [9.17, 15) is 10.2 Å². The van der Waals surface area contributed by atoms with Crippen molar-refractivity contribution in [3.05, 3.63) is 71.8 Å². The van der Waals surface area contributed by atoms with Crippen LogP contribution in [0.1, 0.15) is 11.1 Å². The van der Waals surface area contributed by atoms with Gasteiger partial charge in [0.15, 0.2) is 0 Å². The average molecular weight is 301 g/mol. The highest BCUT2D eigenvalue weighted by Gasteiger charge is 2.38. The van der Waals surface area contributed by atoms with Gasteiger partial charge in [0, 0.05) is 0 Å². The van der Waals surface area contributed by atoms with E-state index in [1.807, 2.05) is 60.7 Å². The topological polar surface area (TPSA) is 86.7 Å². The van der Waals surface area contributed by atoms with Crippen molar-refractivity contribution >= 4 is 0 Å². The van der Waals surface area contributed by atoms with Crippen LogP contribution < -0.4 is 5.73 Å². The van der Waals surface area contributed by atoms with Gasteiger partial charge in [-0.2, -0.15) is 0 Å². The molecule has 0 aliphatic heterocycles. The molecule has 2 rings (SSSR count). The number of hydrogen-bond donors (Lipinski definition) is 4. The van der Waals surface area contributed by atoms with Crippen molar-refractivity contribution in [3.63, 3.8) is 0 Å². The molecule has 0 aliphatic rings. The number of aliphatic hydroxyl groups excluding tert-OH is 3. The monoisotopic (exact) mass is 301 g/mol. The summed E-state index contributed by atoms with van der Waals surface area (Å²) >= 11 is 0. The molecule has 2 aromatic rings. The predicted molar refractivity (Wildman–Crippen MR) is 86.3 cm³/mol. The number of nitrogens with two attached hydrogens (primary N) is 1. The number of hydrogen-bond acceptors (Lipinski definition) is 4. The van der Waals surface area contributed by atoms with Gasteiger partial charge >= 0.3 is 0 Å². The van der Waals surface area contributed by atoms with Gasteiger partial charge in [-0.25, -0.2) is 0 Å². The summed E-state index contributed by atoms with van der Waals surface area (Å²) in [7, 11) is 0. The van der Waals surface area contributed by atoms with Crippen LogP contribution >= 0.6 is 0 Å². The summed E-state index contributed by atoms with van der Waals surface area (Å²) in [6.45, 7) is -0.524. The van der Waals surface area contributed by atoms with Crippen molar-refractivity contribution in [3.8, 4) is 0 Å². The fourth-order valence-corrected chi connectivity index (χ4v) is 2.71. The molecular weight excluding hydrogens is 278 g/mol. The highest BCUT2D eigenvalue weighted by Crippen LogP contribution is 2.23. The van der Waals surface area contributed by atoms with Crippen molar-refractivity contribution in [2.45, 2.75) is 30.6 Å². The lowest BCUT2D eigenvalue weighted by atomic mass is 9.79. The van der Waals surface area contributed by atoms with Gasteiger partial charge in [-0.15, -0.1) is 0 Å². The first kappa shape index (κ1) is 16.6. The Balaban J connectivity index is 2.27. The second-order valence-corrected chi connectivity index (χ2v) is 5.75. The smallest absolute Gasteiger partial charge is 0.105 e. The maximum atomic E-state index is 10.4. The van der Waals surface area contributed by atoms with Crippen LogP contribution in [0.15, 0.2) is 60.7 Å². The molecule has 2 aromatic carbocycles. The maximum absolute atomic E-state index is 10.4.